The molecular formula is C24H26FN5O. The second kappa shape index (κ2) is 7.61. The average Bonchev–Trinajstić information content (AvgIpc) is 3.55. The summed E-state index contributed by atoms with van der Waals surface area (Å²) in [5.74, 6) is 1.23. The number of likely N-dealkylation sites (tertiary alicyclic amines) is 1. The molecule has 1 aromatic carbocycles. The summed E-state index contributed by atoms with van der Waals surface area (Å²) in [7, 11) is 0. The van der Waals surface area contributed by atoms with Crippen LogP contribution in [0.5, 0.6) is 0 Å². The Balaban J connectivity index is 1.24. The maximum absolute atomic E-state index is 13.3. The number of hydrogen-bond donors (Lipinski definition) is 1. The topological polar surface area (TPSA) is 72.3 Å². The Morgan fingerprint density at radius 2 is 2.03 bits per heavy atom. The van der Waals surface area contributed by atoms with E-state index in [1.165, 1.54) is 12.1 Å². The van der Waals surface area contributed by atoms with Gasteiger partial charge in [0.1, 0.15) is 17.7 Å². The largest absolute Gasteiger partial charge is 0.347 e. The quantitative estimate of drug-likeness (QED) is 0.807. The minimum Gasteiger partial charge on any atom is -0.347 e. The minimum absolute atomic E-state index is 0.116. The van der Waals surface area contributed by atoms with Gasteiger partial charge in [0.05, 0.1) is 18.2 Å². The lowest BCUT2D eigenvalue weighted by Gasteiger charge is -2.42. The number of pyridine rings is 1. The summed E-state index contributed by atoms with van der Waals surface area (Å²) < 4.78 is 13.3. The van der Waals surface area contributed by atoms with Crippen LogP contribution in [-0.2, 0) is 10.3 Å². The molecule has 5 rings (SSSR count). The summed E-state index contributed by atoms with van der Waals surface area (Å²) in [5, 5.41) is 12.5. The van der Waals surface area contributed by atoms with E-state index in [2.05, 4.69) is 28.2 Å². The SMILES string of the molecule is C[C@@H]1CC2CN(C(=O)CNC3(c4ccc(F)cc4)CC3)CC1N2c1ccc(C#N)cn1. The van der Waals surface area contributed by atoms with Crippen molar-refractivity contribution in [2.24, 2.45) is 5.92 Å². The number of nitrogens with one attached hydrogen (secondary N) is 1. The van der Waals surface area contributed by atoms with Gasteiger partial charge in [-0.3, -0.25) is 10.1 Å². The molecule has 3 aliphatic rings. The van der Waals surface area contributed by atoms with Gasteiger partial charge in [-0.25, -0.2) is 9.37 Å². The fourth-order valence-electron chi connectivity index (χ4n) is 5.21. The van der Waals surface area contributed by atoms with Crippen molar-refractivity contribution in [3.63, 3.8) is 0 Å². The number of carbonyl (C=O) groups is 1. The van der Waals surface area contributed by atoms with Crippen molar-refractivity contribution in [3.8, 4) is 6.07 Å². The third kappa shape index (κ3) is 3.66. The summed E-state index contributed by atoms with van der Waals surface area (Å²) in [6.07, 6.45) is 4.58. The van der Waals surface area contributed by atoms with E-state index < -0.39 is 0 Å². The van der Waals surface area contributed by atoms with Crippen molar-refractivity contribution in [3.05, 3.63) is 59.5 Å². The number of carbonyl (C=O) groups excluding carboxylic acids is 1. The zero-order valence-corrected chi connectivity index (χ0v) is 17.6. The Morgan fingerprint density at radius 1 is 1.26 bits per heavy atom. The number of fused-ring (bicyclic) bond motifs is 2. The van der Waals surface area contributed by atoms with Crippen molar-refractivity contribution in [1.82, 2.24) is 15.2 Å². The predicted octanol–water partition coefficient (Wildman–Crippen LogP) is 2.80. The van der Waals surface area contributed by atoms with Gasteiger partial charge >= 0.3 is 0 Å². The van der Waals surface area contributed by atoms with E-state index >= 15 is 0 Å². The molecule has 31 heavy (non-hydrogen) atoms. The number of aromatic nitrogens is 1. The Hall–Kier alpha value is -2.98. The molecule has 1 aliphatic carbocycles. The summed E-state index contributed by atoms with van der Waals surface area (Å²) in [6, 6.07) is 12.9. The highest BCUT2D eigenvalue weighted by Gasteiger charge is 2.47. The molecule has 1 aromatic heterocycles. The van der Waals surface area contributed by atoms with E-state index in [9.17, 15) is 9.18 Å². The van der Waals surface area contributed by atoms with Crippen LogP contribution in [0.1, 0.15) is 37.3 Å². The zero-order valence-electron chi connectivity index (χ0n) is 17.6. The van der Waals surface area contributed by atoms with Crippen LogP contribution in [0.4, 0.5) is 10.2 Å². The van der Waals surface area contributed by atoms with Crippen LogP contribution < -0.4 is 10.2 Å². The maximum Gasteiger partial charge on any atom is 0.236 e. The predicted molar refractivity (Wildman–Crippen MR) is 115 cm³/mol. The molecule has 0 radical (unpaired) electrons. The number of halogens is 1. The fraction of sp³-hybridized carbons (Fsp3) is 0.458. The molecule has 1 amide bonds. The third-order valence-electron chi connectivity index (χ3n) is 7.11. The summed E-state index contributed by atoms with van der Waals surface area (Å²) in [6.45, 7) is 3.90. The summed E-state index contributed by atoms with van der Waals surface area (Å²) >= 11 is 0. The van der Waals surface area contributed by atoms with Gasteiger partial charge in [0.25, 0.3) is 0 Å². The van der Waals surface area contributed by atoms with Crippen LogP contribution in [0.2, 0.25) is 0 Å². The van der Waals surface area contributed by atoms with Crippen LogP contribution in [0.15, 0.2) is 42.6 Å². The molecular weight excluding hydrogens is 393 g/mol. The Bertz CT molecular complexity index is 1010. The van der Waals surface area contributed by atoms with Gasteiger partial charge in [-0.2, -0.15) is 5.26 Å². The van der Waals surface area contributed by atoms with E-state index in [1.54, 1.807) is 12.3 Å². The van der Waals surface area contributed by atoms with Crippen molar-refractivity contribution < 1.29 is 9.18 Å². The normalized spacial score (nSPS) is 25.9. The molecule has 1 saturated carbocycles. The molecule has 7 heteroatoms. The number of nitriles is 1. The Morgan fingerprint density at radius 3 is 2.65 bits per heavy atom. The monoisotopic (exact) mass is 419 g/mol. The van der Waals surface area contributed by atoms with E-state index in [-0.39, 0.29) is 29.3 Å². The molecule has 3 fully saturated rings. The fourth-order valence-corrected chi connectivity index (χ4v) is 5.21. The van der Waals surface area contributed by atoms with Crippen LogP contribution in [0.3, 0.4) is 0 Å². The van der Waals surface area contributed by atoms with Gasteiger partial charge in [0, 0.05) is 30.9 Å². The molecule has 2 aliphatic heterocycles. The van der Waals surface area contributed by atoms with Crippen LogP contribution >= 0.6 is 0 Å². The minimum atomic E-state index is -0.241. The van der Waals surface area contributed by atoms with Gasteiger partial charge in [0.2, 0.25) is 5.91 Å². The van der Waals surface area contributed by atoms with Gasteiger partial charge in [-0.05, 0) is 55.0 Å². The van der Waals surface area contributed by atoms with E-state index in [4.69, 9.17) is 5.26 Å². The maximum atomic E-state index is 13.3. The number of amides is 1. The van der Waals surface area contributed by atoms with Gasteiger partial charge in [-0.1, -0.05) is 19.1 Å². The van der Waals surface area contributed by atoms with Gasteiger partial charge < -0.3 is 9.80 Å². The lowest BCUT2D eigenvalue weighted by Crippen LogP contribution is -2.58. The molecule has 6 nitrogen and oxygen atoms in total. The summed E-state index contributed by atoms with van der Waals surface area (Å²) in [4.78, 5) is 21.9. The molecule has 1 N–H and O–H groups in total. The van der Waals surface area contributed by atoms with Crippen molar-refractivity contribution in [1.29, 1.82) is 5.26 Å². The van der Waals surface area contributed by atoms with Gasteiger partial charge in [0.15, 0.2) is 0 Å². The van der Waals surface area contributed by atoms with Crippen molar-refractivity contribution in [2.45, 2.75) is 43.8 Å². The molecule has 2 bridgehead atoms. The second-order valence-corrected chi connectivity index (χ2v) is 9.10. The van der Waals surface area contributed by atoms with Crippen molar-refractivity contribution in [2.75, 3.05) is 24.5 Å². The molecule has 2 saturated heterocycles. The first-order valence-electron chi connectivity index (χ1n) is 10.9. The molecule has 2 aromatic rings. The third-order valence-corrected chi connectivity index (χ3v) is 7.11. The first kappa shape index (κ1) is 20.0. The Kier molecular flexibility index (Phi) is 4.90. The molecule has 0 spiro atoms. The average molecular weight is 420 g/mol. The highest BCUT2D eigenvalue weighted by atomic mass is 19.1. The first-order valence-corrected chi connectivity index (χ1v) is 10.9. The van der Waals surface area contributed by atoms with Crippen LogP contribution in [-0.4, -0.2) is 47.5 Å². The lowest BCUT2D eigenvalue weighted by atomic mass is 10.0. The number of piperazine rings is 1. The zero-order chi connectivity index (χ0) is 21.6. The Labute approximate surface area is 181 Å². The number of nitrogens with zero attached hydrogens (tertiary/aromatic N) is 4. The smallest absolute Gasteiger partial charge is 0.236 e. The number of rotatable bonds is 5. The molecule has 3 atom stereocenters. The summed E-state index contributed by atoms with van der Waals surface area (Å²) in [5.41, 5.74) is 1.41. The van der Waals surface area contributed by atoms with Crippen LogP contribution in [0.25, 0.3) is 0 Å². The molecule has 160 valence electrons. The van der Waals surface area contributed by atoms with E-state index in [1.807, 2.05) is 23.1 Å². The van der Waals surface area contributed by atoms with Crippen molar-refractivity contribution >= 4 is 11.7 Å². The number of benzene rings is 1. The number of anilines is 1. The van der Waals surface area contributed by atoms with E-state index in [0.29, 0.717) is 31.1 Å². The van der Waals surface area contributed by atoms with Gasteiger partial charge in [-0.15, -0.1) is 0 Å². The molecule has 3 heterocycles. The standard InChI is InChI=1S/C24H26FN5O/c1-16-10-20-14-29(15-21(16)30(20)22-7-2-17(11-26)12-27-22)23(31)13-28-24(8-9-24)18-3-5-19(25)6-4-18/h2-7,12,16,20-21,28H,8-10,13-15H2,1H3/t16-,20?,21?/m1/s1. The highest BCUT2D eigenvalue weighted by molar-refractivity contribution is 5.79. The van der Waals surface area contributed by atoms with E-state index in [0.717, 1.165) is 30.6 Å². The second-order valence-electron chi connectivity index (χ2n) is 9.10. The number of hydrogen-bond acceptors (Lipinski definition) is 5. The molecule has 2 unspecified atom stereocenters. The lowest BCUT2D eigenvalue weighted by molar-refractivity contribution is -0.131. The first-order chi connectivity index (χ1) is 15.0. The van der Waals surface area contributed by atoms with Crippen LogP contribution in [0, 0.1) is 23.1 Å². The highest BCUT2D eigenvalue weighted by Crippen LogP contribution is 2.45.